The van der Waals surface area contributed by atoms with Gasteiger partial charge in [-0.1, -0.05) is 56.9 Å². The van der Waals surface area contributed by atoms with Crippen molar-refractivity contribution < 1.29 is 19.1 Å². The van der Waals surface area contributed by atoms with Crippen LogP contribution in [0.25, 0.3) is 0 Å². The lowest BCUT2D eigenvalue weighted by atomic mass is 9.95. The van der Waals surface area contributed by atoms with E-state index in [1.165, 1.54) is 0 Å². The monoisotopic (exact) mass is 549 g/mol. The summed E-state index contributed by atoms with van der Waals surface area (Å²) < 4.78 is 5.48. The van der Waals surface area contributed by atoms with Gasteiger partial charge in [-0.2, -0.15) is 11.8 Å². The molecule has 0 spiro atoms. The Morgan fingerprint density at radius 2 is 1.71 bits per heavy atom. The van der Waals surface area contributed by atoms with Gasteiger partial charge in [0.15, 0.2) is 0 Å². The van der Waals surface area contributed by atoms with Gasteiger partial charge in [-0.3, -0.25) is 9.59 Å². The molecule has 0 saturated heterocycles. The maximum Gasteiger partial charge on any atom is 0.408 e. The standard InChI is InChI=1S/C30H51N3O4S/c1-10-12-13-18-33(28(35)25(17-19-38-9)32-29(36)37-30(6,7)8)26(27(34)31-23(5)14-11-2)24-20-21(3)15-16-22(24)4/h15-16,20,23,25-26H,10-14,17-19H2,1-9H3,(H,31,34)(H,32,36). The van der Waals surface area contributed by atoms with E-state index in [1.807, 2.05) is 45.2 Å². The van der Waals surface area contributed by atoms with E-state index in [9.17, 15) is 14.4 Å². The summed E-state index contributed by atoms with van der Waals surface area (Å²) in [6.45, 7) is 16.0. The first-order valence-electron chi connectivity index (χ1n) is 14.0. The van der Waals surface area contributed by atoms with E-state index in [1.54, 1.807) is 37.4 Å². The van der Waals surface area contributed by atoms with E-state index in [0.717, 1.165) is 48.8 Å². The minimum atomic E-state index is -0.799. The van der Waals surface area contributed by atoms with Crippen LogP contribution < -0.4 is 10.6 Å². The van der Waals surface area contributed by atoms with E-state index in [4.69, 9.17) is 4.74 Å². The van der Waals surface area contributed by atoms with Crippen molar-refractivity contribution in [2.24, 2.45) is 0 Å². The Balaban J connectivity index is 3.55. The van der Waals surface area contributed by atoms with Crippen LogP contribution in [0, 0.1) is 13.8 Å². The van der Waals surface area contributed by atoms with E-state index >= 15 is 0 Å². The van der Waals surface area contributed by atoms with Crippen molar-refractivity contribution in [3.8, 4) is 0 Å². The van der Waals surface area contributed by atoms with E-state index < -0.39 is 23.8 Å². The first-order valence-corrected chi connectivity index (χ1v) is 15.4. The number of carbonyl (C=O) groups excluding carboxylic acids is 3. The van der Waals surface area contributed by atoms with Gasteiger partial charge in [0.2, 0.25) is 11.8 Å². The van der Waals surface area contributed by atoms with E-state index in [2.05, 4.69) is 24.5 Å². The summed E-state index contributed by atoms with van der Waals surface area (Å²) in [6, 6.07) is 4.41. The molecule has 0 aliphatic heterocycles. The third-order valence-electron chi connectivity index (χ3n) is 6.29. The second-order valence-electron chi connectivity index (χ2n) is 11.2. The topological polar surface area (TPSA) is 87.7 Å². The van der Waals surface area contributed by atoms with Crippen LogP contribution in [0.15, 0.2) is 18.2 Å². The zero-order valence-electron chi connectivity index (χ0n) is 25.1. The predicted octanol–water partition coefficient (Wildman–Crippen LogP) is 6.31. The molecule has 0 aromatic heterocycles. The smallest absolute Gasteiger partial charge is 0.408 e. The predicted molar refractivity (Wildman–Crippen MR) is 159 cm³/mol. The number of hydrogen-bond donors (Lipinski definition) is 2. The zero-order chi connectivity index (χ0) is 28.9. The van der Waals surface area contributed by atoms with Crippen LogP contribution >= 0.6 is 11.8 Å². The van der Waals surface area contributed by atoms with Gasteiger partial charge in [0, 0.05) is 12.6 Å². The van der Waals surface area contributed by atoms with Crippen molar-refractivity contribution in [2.45, 2.75) is 118 Å². The van der Waals surface area contributed by atoms with Crippen molar-refractivity contribution in [3.63, 3.8) is 0 Å². The van der Waals surface area contributed by atoms with Crippen molar-refractivity contribution in [2.75, 3.05) is 18.6 Å². The molecule has 38 heavy (non-hydrogen) atoms. The number of benzene rings is 1. The molecule has 1 aromatic rings. The molecule has 1 rings (SSSR count). The molecular formula is C30H51N3O4S. The number of alkyl carbamates (subject to hydrolysis) is 1. The number of thioether (sulfide) groups is 1. The van der Waals surface area contributed by atoms with Gasteiger partial charge in [0.05, 0.1) is 0 Å². The molecule has 0 fully saturated rings. The van der Waals surface area contributed by atoms with Crippen molar-refractivity contribution in [1.29, 1.82) is 0 Å². The average molecular weight is 550 g/mol. The molecule has 3 unspecified atom stereocenters. The van der Waals surface area contributed by atoms with Crippen molar-refractivity contribution >= 4 is 29.7 Å². The van der Waals surface area contributed by atoms with E-state index in [0.29, 0.717) is 18.7 Å². The number of rotatable bonds is 15. The first kappa shape index (κ1) is 33.8. The Morgan fingerprint density at radius 1 is 1.03 bits per heavy atom. The molecule has 0 bridgehead atoms. The minimum absolute atomic E-state index is 0.0140. The third kappa shape index (κ3) is 11.7. The Bertz CT molecular complexity index is 900. The highest BCUT2D eigenvalue weighted by Crippen LogP contribution is 2.28. The molecule has 0 aliphatic carbocycles. The highest BCUT2D eigenvalue weighted by atomic mass is 32.2. The zero-order valence-corrected chi connectivity index (χ0v) is 25.9. The summed E-state index contributed by atoms with van der Waals surface area (Å²) in [7, 11) is 0. The Kier molecular flexibility index (Phi) is 14.8. The van der Waals surface area contributed by atoms with Crippen LogP contribution in [0.1, 0.15) is 103 Å². The van der Waals surface area contributed by atoms with Gasteiger partial charge < -0.3 is 20.3 Å². The molecule has 3 atom stereocenters. The Labute approximate surface area is 235 Å². The molecule has 0 saturated carbocycles. The summed E-state index contributed by atoms with van der Waals surface area (Å²) in [5.41, 5.74) is 2.11. The fourth-order valence-corrected chi connectivity index (χ4v) is 4.85. The molecule has 2 N–H and O–H groups in total. The van der Waals surface area contributed by atoms with E-state index in [-0.39, 0.29) is 17.9 Å². The fraction of sp³-hybridized carbons (Fsp3) is 0.700. The van der Waals surface area contributed by atoms with Crippen LogP contribution in [-0.2, 0) is 14.3 Å². The van der Waals surface area contributed by atoms with Crippen LogP contribution in [0.5, 0.6) is 0 Å². The minimum Gasteiger partial charge on any atom is -0.444 e. The molecule has 0 heterocycles. The van der Waals surface area contributed by atoms with Gasteiger partial charge in [-0.25, -0.2) is 4.79 Å². The van der Waals surface area contributed by atoms with Crippen LogP contribution in [-0.4, -0.2) is 59.0 Å². The highest BCUT2D eigenvalue weighted by Gasteiger charge is 2.37. The number of aryl methyl sites for hydroxylation is 2. The maximum absolute atomic E-state index is 14.2. The lowest BCUT2D eigenvalue weighted by Crippen LogP contribution is -2.54. The van der Waals surface area contributed by atoms with Gasteiger partial charge >= 0.3 is 6.09 Å². The normalized spacial score (nSPS) is 13.8. The summed E-state index contributed by atoms with van der Waals surface area (Å²) in [5, 5.41) is 5.97. The molecular weight excluding hydrogens is 498 g/mol. The Morgan fingerprint density at radius 3 is 2.29 bits per heavy atom. The molecule has 3 amide bonds. The van der Waals surface area contributed by atoms with Crippen molar-refractivity contribution in [1.82, 2.24) is 15.5 Å². The number of unbranched alkanes of at least 4 members (excludes halogenated alkanes) is 2. The maximum atomic E-state index is 14.2. The van der Waals surface area contributed by atoms with Gasteiger partial charge in [0.25, 0.3) is 0 Å². The van der Waals surface area contributed by atoms with Gasteiger partial charge in [0.1, 0.15) is 17.7 Å². The summed E-state index contributed by atoms with van der Waals surface area (Å²) >= 11 is 1.61. The molecule has 7 nitrogen and oxygen atoms in total. The Hall–Kier alpha value is -2.22. The average Bonchev–Trinajstić information content (AvgIpc) is 2.81. The van der Waals surface area contributed by atoms with Gasteiger partial charge in [-0.15, -0.1) is 0 Å². The molecule has 0 aliphatic rings. The molecule has 0 radical (unpaired) electrons. The second-order valence-corrected chi connectivity index (χ2v) is 12.2. The summed E-state index contributed by atoms with van der Waals surface area (Å²) in [4.78, 5) is 42.5. The van der Waals surface area contributed by atoms with Crippen LogP contribution in [0.3, 0.4) is 0 Å². The number of ether oxygens (including phenoxy) is 1. The number of nitrogens with one attached hydrogen (secondary N) is 2. The van der Waals surface area contributed by atoms with Gasteiger partial charge in [-0.05, 0) is 83.9 Å². The summed E-state index contributed by atoms with van der Waals surface area (Å²) in [5.74, 6) is 0.235. The van der Waals surface area contributed by atoms with Crippen LogP contribution in [0.4, 0.5) is 4.79 Å². The second kappa shape index (κ2) is 16.7. The molecule has 1 aromatic carbocycles. The van der Waals surface area contributed by atoms with Crippen LogP contribution in [0.2, 0.25) is 0 Å². The number of nitrogens with zero attached hydrogens (tertiary/aromatic N) is 1. The number of carbonyl (C=O) groups is 3. The molecule has 8 heteroatoms. The SMILES string of the molecule is CCCCCN(C(=O)C(CCSC)NC(=O)OC(C)(C)C)C(C(=O)NC(C)CCC)c1cc(C)ccc1C. The number of hydrogen-bond acceptors (Lipinski definition) is 5. The van der Waals surface area contributed by atoms with Crippen molar-refractivity contribution in [3.05, 3.63) is 34.9 Å². The summed E-state index contributed by atoms with van der Waals surface area (Å²) in [6.07, 6.45) is 6.27. The molecule has 216 valence electrons. The fourth-order valence-electron chi connectivity index (χ4n) is 4.37. The lowest BCUT2D eigenvalue weighted by molar-refractivity contribution is -0.143. The largest absolute Gasteiger partial charge is 0.444 e. The quantitative estimate of drug-likeness (QED) is 0.250. The third-order valence-corrected chi connectivity index (χ3v) is 6.93. The first-order chi connectivity index (χ1) is 17.8. The number of amides is 3. The highest BCUT2D eigenvalue weighted by molar-refractivity contribution is 7.98. The lowest BCUT2D eigenvalue weighted by Gasteiger charge is -2.36.